The van der Waals surface area contributed by atoms with Crippen molar-refractivity contribution < 1.29 is 13.4 Å². The van der Waals surface area contributed by atoms with Gasteiger partial charge in [-0.3, -0.25) is 0 Å². The molecule has 4 nitrogen and oxygen atoms in total. The summed E-state index contributed by atoms with van der Waals surface area (Å²) in [5, 5.41) is 1.76. The molecule has 6 aromatic rings. The average Bonchev–Trinajstić information content (AvgIpc) is 3.32. The number of hydrogen-bond acceptors (Lipinski definition) is 2. The van der Waals surface area contributed by atoms with E-state index in [0.29, 0.717) is 17.2 Å². The molecule has 0 spiro atoms. The van der Waals surface area contributed by atoms with E-state index in [0.717, 1.165) is 44.4 Å². The van der Waals surface area contributed by atoms with E-state index in [2.05, 4.69) is 103 Å². The largest absolute Gasteiger partial charge is 0.438 e. The Hall–Kier alpha value is -3.99. The van der Waals surface area contributed by atoms with Gasteiger partial charge in [0.1, 0.15) is 11.3 Å². The smallest absolute Gasteiger partial charge is 0.295 e. The number of halogens is 1. The van der Waals surface area contributed by atoms with E-state index in [9.17, 15) is 4.39 Å². The number of rotatable bonds is 3. The number of furan rings is 1. The van der Waals surface area contributed by atoms with Crippen LogP contribution in [-0.2, 0) is 7.05 Å². The fourth-order valence-electron chi connectivity index (χ4n) is 5.07. The van der Waals surface area contributed by atoms with Gasteiger partial charge in [0.25, 0.3) is 5.82 Å². The number of benzene rings is 3. The lowest BCUT2D eigenvalue weighted by molar-refractivity contribution is -0.633. The molecule has 0 aliphatic carbocycles. The lowest BCUT2D eigenvalue weighted by Crippen LogP contribution is -2.30. The summed E-state index contributed by atoms with van der Waals surface area (Å²) in [5.74, 6) is 0.893. The van der Waals surface area contributed by atoms with Crippen LogP contribution in [0.2, 0.25) is 0 Å². The minimum Gasteiger partial charge on any atom is -0.438 e. The zero-order valence-electron chi connectivity index (χ0n) is 19.6. The lowest BCUT2D eigenvalue weighted by Gasteiger charge is -2.12. The van der Waals surface area contributed by atoms with E-state index < -0.39 is 5.95 Å². The van der Waals surface area contributed by atoms with Crippen molar-refractivity contribution in [2.75, 3.05) is 0 Å². The summed E-state index contributed by atoms with van der Waals surface area (Å²) in [6, 6.07) is 24.3. The lowest BCUT2D eigenvalue weighted by atomic mass is 10.00. The third kappa shape index (κ3) is 2.97. The summed E-state index contributed by atoms with van der Waals surface area (Å²) in [5.41, 5.74) is 7.92. The van der Waals surface area contributed by atoms with Gasteiger partial charge in [0.2, 0.25) is 11.7 Å². The number of pyridine rings is 1. The van der Waals surface area contributed by atoms with Gasteiger partial charge in [-0.2, -0.15) is 13.9 Å². The maximum absolute atomic E-state index is 13.7. The van der Waals surface area contributed by atoms with E-state index in [4.69, 9.17) is 4.42 Å². The first-order valence-electron chi connectivity index (χ1n) is 11.5. The third-order valence-corrected chi connectivity index (χ3v) is 6.70. The van der Waals surface area contributed by atoms with Gasteiger partial charge < -0.3 is 4.42 Å². The van der Waals surface area contributed by atoms with Crippen LogP contribution in [0.4, 0.5) is 4.39 Å². The fourth-order valence-corrected chi connectivity index (χ4v) is 5.07. The van der Waals surface area contributed by atoms with Gasteiger partial charge in [-0.1, -0.05) is 44.2 Å². The molecule has 3 aromatic heterocycles. The van der Waals surface area contributed by atoms with Gasteiger partial charge in [-0.15, -0.1) is 0 Å². The van der Waals surface area contributed by atoms with Crippen molar-refractivity contribution in [3.63, 3.8) is 0 Å². The SMILES string of the molecule is Cc1cc2c(cc1-c1n(-c3ccccc3C(C)C)c3ccccc3[n+]1C)oc1nc(F)ccc12. The highest BCUT2D eigenvalue weighted by molar-refractivity contribution is 6.05. The van der Waals surface area contributed by atoms with E-state index in [1.165, 1.54) is 11.6 Å². The summed E-state index contributed by atoms with van der Waals surface area (Å²) in [6.45, 7) is 6.56. The van der Waals surface area contributed by atoms with Crippen LogP contribution in [0.15, 0.2) is 77.2 Å². The highest BCUT2D eigenvalue weighted by Gasteiger charge is 2.29. The molecule has 6 rings (SSSR count). The molecule has 0 N–H and O–H groups in total. The van der Waals surface area contributed by atoms with Crippen molar-refractivity contribution in [2.45, 2.75) is 26.7 Å². The molecule has 3 heterocycles. The van der Waals surface area contributed by atoms with E-state index in [1.807, 2.05) is 0 Å². The Labute approximate surface area is 196 Å². The van der Waals surface area contributed by atoms with Crippen LogP contribution in [0.3, 0.4) is 0 Å². The van der Waals surface area contributed by atoms with Crippen molar-refractivity contribution in [1.29, 1.82) is 0 Å². The molecular weight excluding hydrogens is 425 g/mol. The molecule has 0 fully saturated rings. The number of hydrogen-bond donors (Lipinski definition) is 0. The van der Waals surface area contributed by atoms with Crippen LogP contribution in [-0.4, -0.2) is 9.55 Å². The number of para-hydroxylation sites is 3. The van der Waals surface area contributed by atoms with Gasteiger partial charge in [0.05, 0.1) is 12.6 Å². The first kappa shape index (κ1) is 20.6. The number of fused-ring (bicyclic) bond motifs is 4. The quantitative estimate of drug-likeness (QED) is 0.215. The summed E-state index contributed by atoms with van der Waals surface area (Å²) < 4.78 is 24.3. The number of aromatic nitrogens is 3. The monoisotopic (exact) mass is 450 g/mol. The molecule has 34 heavy (non-hydrogen) atoms. The molecule has 0 saturated heterocycles. The predicted octanol–water partition coefficient (Wildman–Crippen LogP) is 6.99. The molecule has 0 aliphatic heterocycles. The van der Waals surface area contributed by atoms with Gasteiger partial charge in [-0.05, 0) is 60.9 Å². The Morgan fingerprint density at radius 2 is 1.71 bits per heavy atom. The van der Waals surface area contributed by atoms with Crippen LogP contribution in [0, 0.1) is 12.9 Å². The maximum Gasteiger partial charge on any atom is 0.295 e. The zero-order chi connectivity index (χ0) is 23.6. The van der Waals surface area contributed by atoms with Crippen molar-refractivity contribution in [3.8, 4) is 17.1 Å². The minimum absolute atomic E-state index is 0.321. The molecule has 168 valence electrons. The normalized spacial score (nSPS) is 11.9. The second kappa shape index (κ2) is 7.52. The average molecular weight is 451 g/mol. The first-order valence-corrected chi connectivity index (χ1v) is 11.5. The maximum atomic E-state index is 13.7. The fraction of sp³-hybridized carbons (Fsp3) is 0.172. The Balaban J connectivity index is 1.72. The molecule has 0 radical (unpaired) electrons. The van der Waals surface area contributed by atoms with E-state index >= 15 is 0 Å². The summed E-state index contributed by atoms with van der Waals surface area (Å²) in [7, 11) is 2.10. The van der Waals surface area contributed by atoms with Gasteiger partial charge >= 0.3 is 0 Å². The molecular formula is C29H25FN3O+. The van der Waals surface area contributed by atoms with Crippen LogP contribution >= 0.6 is 0 Å². The van der Waals surface area contributed by atoms with Crippen molar-refractivity contribution in [3.05, 3.63) is 89.9 Å². The van der Waals surface area contributed by atoms with Crippen molar-refractivity contribution in [1.82, 2.24) is 9.55 Å². The Kier molecular flexibility index (Phi) is 4.56. The Morgan fingerprint density at radius 3 is 2.53 bits per heavy atom. The van der Waals surface area contributed by atoms with Gasteiger partial charge in [0.15, 0.2) is 11.0 Å². The molecule has 5 heteroatoms. The highest BCUT2D eigenvalue weighted by Crippen LogP contribution is 2.36. The standard InChI is InChI=1S/C29H25FN3O/c1-17(2)19-9-5-6-10-23(19)33-25-12-8-7-11-24(25)32(4)29(33)21-16-26-22(15-18(21)3)20-13-14-27(30)31-28(20)34-26/h5-17H,1-4H3/q+1. The van der Waals surface area contributed by atoms with E-state index in [-0.39, 0.29) is 0 Å². The minimum atomic E-state index is -0.541. The van der Waals surface area contributed by atoms with Crippen molar-refractivity contribution in [2.24, 2.45) is 7.05 Å². The number of aryl methyl sites for hydroxylation is 2. The van der Waals surface area contributed by atoms with Crippen LogP contribution in [0.5, 0.6) is 0 Å². The van der Waals surface area contributed by atoms with Crippen LogP contribution in [0.1, 0.15) is 30.9 Å². The third-order valence-electron chi connectivity index (χ3n) is 6.70. The molecule has 0 amide bonds. The second-order valence-corrected chi connectivity index (χ2v) is 9.17. The van der Waals surface area contributed by atoms with Gasteiger partial charge in [0, 0.05) is 16.3 Å². The Morgan fingerprint density at radius 1 is 0.941 bits per heavy atom. The Bertz CT molecular complexity index is 1730. The first-order chi connectivity index (χ1) is 16.4. The van der Waals surface area contributed by atoms with E-state index in [1.54, 1.807) is 6.07 Å². The molecule has 0 bridgehead atoms. The summed E-state index contributed by atoms with van der Waals surface area (Å²) in [4.78, 5) is 3.95. The van der Waals surface area contributed by atoms with Crippen LogP contribution in [0.25, 0.3) is 50.2 Å². The molecule has 0 saturated carbocycles. The van der Waals surface area contributed by atoms with Crippen LogP contribution < -0.4 is 4.57 Å². The summed E-state index contributed by atoms with van der Waals surface area (Å²) >= 11 is 0. The second-order valence-electron chi connectivity index (χ2n) is 9.17. The molecule has 0 unspecified atom stereocenters. The predicted molar refractivity (Wildman–Crippen MR) is 134 cm³/mol. The molecule has 0 aliphatic rings. The van der Waals surface area contributed by atoms with Crippen molar-refractivity contribution >= 4 is 33.1 Å². The number of imidazole rings is 1. The van der Waals surface area contributed by atoms with Gasteiger partial charge in [-0.25, -0.2) is 4.57 Å². The number of nitrogens with zero attached hydrogens (tertiary/aromatic N) is 3. The molecule has 3 aromatic carbocycles. The summed E-state index contributed by atoms with van der Waals surface area (Å²) in [6.07, 6.45) is 0. The topological polar surface area (TPSA) is 34.8 Å². The molecule has 0 atom stereocenters. The highest BCUT2D eigenvalue weighted by atomic mass is 19.1. The zero-order valence-corrected chi connectivity index (χ0v) is 19.6.